The Labute approximate surface area is 229 Å². The molecule has 5 nitrogen and oxygen atoms in total. The van der Waals surface area contributed by atoms with E-state index in [9.17, 15) is 9.59 Å². The molecule has 0 aliphatic heterocycles. The Balaban J connectivity index is 0.000000308. The Bertz CT molecular complexity index is 1070. The van der Waals surface area contributed by atoms with Crippen molar-refractivity contribution in [1.29, 1.82) is 0 Å². The van der Waals surface area contributed by atoms with Crippen LogP contribution in [-0.4, -0.2) is 30.9 Å². The molecule has 0 heterocycles. The molecule has 1 fully saturated rings. The zero-order valence-electron chi connectivity index (χ0n) is 23.6. The van der Waals surface area contributed by atoms with Gasteiger partial charge in [0.15, 0.2) is 0 Å². The molecule has 204 valence electrons. The van der Waals surface area contributed by atoms with Gasteiger partial charge in [-0.1, -0.05) is 108 Å². The van der Waals surface area contributed by atoms with Crippen LogP contribution in [0.1, 0.15) is 68.4 Å². The van der Waals surface area contributed by atoms with Crippen LogP contribution in [0.5, 0.6) is 0 Å². The molecular weight excluding hydrogens is 470 g/mol. The van der Waals surface area contributed by atoms with Gasteiger partial charge in [-0.05, 0) is 53.6 Å². The lowest BCUT2D eigenvalue weighted by Crippen LogP contribution is -2.36. The molecule has 1 aliphatic rings. The second kappa shape index (κ2) is 15.7. The Morgan fingerprint density at radius 2 is 1.68 bits per heavy atom. The van der Waals surface area contributed by atoms with Gasteiger partial charge in [0, 0.05) is 24.1 Å². The van der Waals surface area contributed by atoms with Crippen LogP contribution in [0.2, 0.25) is 0 Å². The third kappa shape index (κ3) is 10.9. The van der Waals surface area contributed by atoms with Gasteiger partial charge in [0.2, 0.25) is 5.91 Å². The molecule has 2 aromatic rings. The van der Waals surface area contributed by atoms with Gasteiger partial charge in [-0.2, -0.15) is 0 Å². The Kier molecular flexibility index (Phi) is 12.7. The first-order chi connectivity index (χ1) is 18.2. The lowest BCUT2D eigenvalue weighted by atomic mass is 9.87. The van der Waals surface area contributed by atoms with Crippen molar-refractivity contribution in [1.82, 2.24) is 16.0 Å². The molecular formula is C33H45N3O2. The van der Waals surface area contributed by atoms with Crippen LogP contribution < -0.4 is 16.0 Å². The summed E-state index contributed by atoms with van der Waals surface area (Å²) in [5, 5.41) is 8.98. The van der Waals surface area contributed by atoms with Crippen LogP contribution in [0.4, 0.5) is 0 Å². The molecule has 2 atom stereocenters. The molecule has 2 amide bonds. The molecule has 0 bridgehead atoms. The predicted molar refractivity (Wildman–Crippen MR) is 159 cm³/mol. The van der Waals surface area contributed by atoms with Crippen LogP contribution in [0.25, 0.3) is 0 Å². The van der Waals surface area contributed by atoms with E-state index < -0.39 is 0 Å². The fraction of sp³-hybridized carbons (Fsp3) is 0.394. The number of unbranched alkanes of at least 4 members (excludes halogenated alkanes) is 1. The van der Waals surface area contributed by atoms with Gasteiger partial charge in [-0.15, -0.1) is 0 Å². The first-order valence-electron chi connectivity index (χ1n) is 13.6. The average Bonchev–Trinajstić information content (AvgIpc) is 3.69. The van der Waals surface area contributed by atoms with Crippen LogP contribution >= 0.6 is 0 Å². The lowest BCUT2D eigenvalue weighted by molar-refractivity contribution is -0.120. The van der Waals surface area contributed by atoms with Gasteiger partial charge in [0.05, 0.1) is 6.54 Å². The molecule has 3 N–H and O–H groups in total. The van der Waals surface area contributed by atoms with Crippen molar-refractivity contribution >= 4 is 11.8 Å². The summed E-state index contributed by atoms with van der Waals surface area (Å²) in [6.45, 7) is 17.7. The fourth-order valence-corrected chi connectivity index (χ4v) is 3.98. The first kappa shape index (κ1) is 30.8. The van der Waals surface area contributed by atoms with Gasteiger partial charge >= 0.3 is 0 Å². The molecule has 1 aliphatic carbocycles. The minimum Gasteiger partial charge on any atom is -0.350 e. The second-order valence-electron chi connectivity index (χ2n) is 10.6. The number of benzene rings is 2. The highest BCUT2D eigenvalue weighted by Crippen LogP contribution is 2.37. The lowest BCUT2D eigenvalue weighted by Gasteiger charge is -2.19. The maximum absolute atomic E-state index is 12.1. The van der Waals surface area contributed by atoms with Crippen molar-refractivity contribution in [3.8, 4) is 0 Å². The van der Waals surface area contributed by atoms with Crippen LogP contribution in [0.15, 0.2) is 91.6 Å². The Hall–Kier alpha value is -3.44. The summed E-state index contributed by atoms with van der Waals surface area (Å²) in [6.07, 6.45) is 9.67. The van der Waals surface area contributed by atoms with Crippen molar-refractivity contribution in [2.45, 2.75) is 65.0 Å². The number of rotatable bonds is 12. The van der Waals surface area contributed by atoms with E-state index in [1.165, 1.54) is 30.4 Å². The summed E-state index contributed by atoms with van der Waals surface area (Å²) in [7, 11) is 0. The summed E-state index contributed by atoms with van der Waals surface area (Å²) >= 11 is 0. The van der Waals surface area contributed by atoms with Crippen LogP contribution in [0, 0.1) is 5.92 Å². The molecule has 0 spiro atoms. The highest BCUT2D eigenvalue weighted by molar-refractivity contribution is 5.96. The molecule has 3 rings (SSSR count). The van der Waals surface area contributed by atoms with Crippen LogP contribution in [0.3, 0.4) is 0 Å². The highest BCUT2D eigenvalue weighted by Gasteiger charge is 2.37. The van der Waals surface area contributed by atoms with E-state index in [1.807, 2.05) is 54.6 Å². The molecule has 1 saturated carbocycles. The quantitative estimate of drug-likeness (QED) is 0.237. The fourth-order valence-electron chi connectivity index (χ4n) is 3.98. The summed E-state index contributed by atoms with van der Waals surface area (Å²) in [5.74, 6) is 0.228. The van der Waals surface area contributed by atoms with Gasteiger partial charge < -0.3 is 16.0 Å². The van der Waals surface area contributed by atoms with Gasteiger partial charge in [-0.3, -0.25) is 9.59 Å². The maximum atomic E-state index is 12.1. The first-order valence-corrected chi connectivity index (χ1v) is 13.6. The Morgan fingerprint density at radius 3 is 2.26 bits per heavy atom. The van der Waals surface area contributed by atoms with Gasteiger partial charge in [-0.25, -0.2) is 0 Å². The molecule has 38 heavy (non-hydrogen) atoms. The third-order valence-corrected chi connectivity index (χ3v) is 6.46. The minimum absolute atomic E-state index is 0.0350. The Morgan fingerprint density at radius 1 is 1.00 bits per heavy atom. The zero-order valence-corrected chi connectivity index (χ0v) is 23.6. The number of carbonyl (C=O) groups is 2. The van der Waals surface area contributed by atoms with Crippen molar-refractivity contribution < 1.29 is 9.59 Å². The number of allylic oxidation sites excluding steroid dienone is 3. The number of amides is 2. The monoisotopic (exact) mass is 515 g/mol. The van der Waals surface area contributed by atoms with Crippen molar-refractivity contribution in [3.05, 3.63) is 108 Å². The normalized spacial score (nSPS) is 16.5. The molecule has 2 aromatic carbocycles. The number of carbonyl (C=O) groups excluding carboxylic acids is 2. The molecule has 0 aromatic heterocycles. The number of hydrogen-bond acceptors (Lipinski definition) is 3. The van der Waals surface area contributed by atoms with Crippen molar-refractivity contribution in [2.24, 2.45) is 5.92 Å². The number of hydrogen-bond donors (Lipinski definition) is 3. The van der Waals surface area contributed by atoms with E-state index in [2.05, 4.69) is 62.9 Å². The molecule has 0 saturated heterocycles. The average molecular weight is 516 g/mol. The van der Waals surface area contributed by atoms with E-state index >= 15 is 0 Å². The molecule has 2 unspecified atom stereocenters. The van der Waals surface area contributed by atoms with E-state index in [0.717, 1.165) is 12.1 Å². The van der Waals surface area contributed by atoms with Crippen molar-refractivity contribution in [2.75, 3.05) is 13.1 Å². The summed E-state index contributed by atoms with van der Waals surface area (Å²) < 4.78 is 0. The molecule has 5 heteroatoms. The SMILES string of the molecule is C=C/C=C(\C=C)C1CC1NCCCC.CC(C)(C)c1ccc(C(=O)NCC(=O)NCc2ccccc2)cc1. The maximum Gasteiger partial charge on any atom is 0.251 e. The van der Waals surface area contributed by atoms with Gasteiger partial charge in [0.25, 0.3) is 5.91 Å². The van der Waals surface area contributed by atoms with E-state index in [1.54, 1.807) is 12.1 Å². The van der Waals surface area contributed by atoms with E-state index in [0.29, 0.717) is 24.1 Å². The topological polar surface area (TPSA) is 70.2 Å². The smallest absolute Gasteiger partial charge is 0.251 e. The summed E-state index contributed by atoms with van der Waals surface area (Å²) in [5.41, 5.74) is 4.12. The second-order valence-corrected chi connectivity index (χ2v) is 10.6. The van der Waals surface area contributed by atoms with E-state index in [4.69, 9.17) is 0 Å². The number of nitrogens with one attached hydrogen (secondary N) is 3. The molecule has 0 radical (unpaired) electrons. The largest absolute Gasteiger partial charge is 0.350 e. The summed E-state index contributed by atoms with van der Waals surface area (Å²) in [4.78, 5) is 23.9. The van der Waals surface area contributed by atoms with Crippen molar-refractivity contribution in [3.63, 3.8) is 0 Å². The van der Waals surface area contributed by atoms with Crippen LogP contribution in [-0.2, 0) is 16.8 Å². The summed E-state index contributed by atoms with van der Waals surface area (Å²) in [6, 6.07) is 17.8. The van der Waals surface area contributed by atoms with Gasteiger partial charge in [0.1, 0.15) is 0 Å². The van der Waals surface area contributed by atoms with E-state index in [-0.39, 0.29) is 23.8 Å². The highest BCUT2D eigenvalue weighted by atomic mass is 16.2. The predicted octanol–water partition coefficient (Wildman–Crippen LogP) is 6.09. The standard InChI is InChI=1S/C20H24N2O2.C13H21N/c1-20(2,3)17-11-9-16(10-12-17)19(24)22-14-18(23)21-13-15-7-5-4-6-8-15;1-4-7-9-14-13-10-12(13)11(6-3)8-5-2/h4-12H,13-14H2,1-3H3,(H,21,23)(H,22,24);5-6,8,12-14H,2-4,7,9-10H2,1H3/b;11-8+. The third-order valence-electron chi connectivity index (χ3n) is 6.46. The minimum atomic E-state index is -0.245. The zero-order chi connectivity index (χ0) is 28.0.